The molecule has 0 saturated carbocycles. The van der Waals surface area contributed by atoms with Gasteiger partial charge in [0.15, 0.2) is 0 Å². The minimum absolute atomic E-state index is 0.0571. The van der Waals surface area contributed by atoms with Gasteiger partial charge in [-0.05, 0) is 49.9 Å². The van der Waals surface area contributed by atoms with E-state index in [1.807, 2.05) is 6.07 Å². The highest BCUT2D eigenvalue weighted by Crippen LogP contribution is 2.35. The quantitative estimate of drug-likeness (QED) is 0.935. The van der Waals surface area contributed by atoms with E-state index in [0.29, 0.717) is 6.54 Å². The molecule has 2 unspecified atom stereocenters. The lowest BCUT2D eigenvalue weighted by Crippen LogP contribution is -2.31. The van der Waals surface area contributed by atoms with Crippen molar-refractivity contribution in [2.75, 3.05) is 6.54 Å². The van der Waals surface area contributed by atoms with E-state index in [9.17, 15) is 4.79 Å². The average Bonchev–Trinajstić information content (AvgIpc) is 2.88. The van der Waals surface area contributed by atoms with Crippen molar-refractivity contribution in [3.05, 3.63) is 70.3 Å². The van der Waals surface area contributed by atoms with E-state index in [-0.39, 0.29) is 18.1 Å². The molecule has 3 nitrogen and oxygen atoms in total. The van der Waals surface area contributed by atoms with Crippen molar-refractivity contribution in [1.82, 2.24) is 10.2 Å². The molecule has 3 rings (SSSR count). The Hall–Kier alpha value is -2.13. The molecule has 1 N–H and O–H groups in total. The molecule has 1 heterocycles. The molecular formula is C20H24N2O. The summed E-state index contributed by atoms with van der Waals surface area (Å²) in [7, 11) is 0. The molecular weight excluding hydrogens is 284 g/mol. The summed E-state index contributed by atoms with van der Waals surface area (Å²) in [5, 5.41) is 3.16. The zero-order chi connectivity index (χ0) is 16.6. The number of carbonyl (C=O) groups excluding carboxylic acids is 1. The van der Waals surface area contributed by atoms with Crippen molar-refractivity contribution in [3.63, 3.8) is 0 Å². The molecule has 1 saturated heterocycles. The van der Waals surface area contributed by atoms with Gasteiger partial charge in [-0.1, -0.05) is 48.0 Å². The summed E-state index contributed by atoms with van der Waals surface area (Å²) < 4.78 is 0. The third-order valence-corrected chi connectivity index (χ3v) is 4.75. The van der Waals surface area contributed by atoms with Crippen LogP contribution in [0.1, 0.15) is 46.9 Å². The highest BCUT2D eigenvalue weighted by atomic mass is 16.2. The summed E-state index contributed by atoms with van der Waals surface area (Å²) in [6, 6.07) is 14.9. The molecule has 1 fully saturated rings. The Kier molecular flexibility index (Phi) is 4.22. The molecule has 3 heteroatoms. The lowest BCUT2D eigenvalue weighted by atomic mass is 9.96. The Morgan fingerprint density at radius 2 is 1.70 bits per heavy atom. The lowest BCUT2D eigenvalue weighted by Gasteiger charge is -2.31. The number of hydrogen-bond acceptors (Lipinski definition) is 2. The van der Waals surface area contributed by atoms with Gasteiger partial charge in [0, 0.05) is 6.04 Å². The number of rotatable bonds is 3. The number of nitrogens with one attached hydrogen (secondary N) is 1. The largest absolute Gasteiger partial charge is 0.335 e. The zero-order valence-corrected chi connectivity index (χ0v) is 14.3. The second kappa shape index (κ2) is 6.17. The van der Waals surface area contributed by atoms with Crippen LogP contribution in [0.5, 0.6) is 0 Å². The molecule has 0 aromatic heterocycles. The summed E-state index contributed by atoms with van der Waals surface area (Å²) in [6.45, 7) is 8.98. The maximum absolute atomic E-state index is 12.1. The van der Waals surface area contributed by atoms with E-state index < -0.39 is 0 Å². The van der Waals surface area contributed by atoms with E-state index >= 15 is 0 Å². The first-order valence-corrected chi connectivity index (χ1v) is 8.15. The van der Waals surface area contributed by atoms with Gasteiger partial charge in [0.25, 0.3) is 0 Å². The fourth-order valence-corrected chi connectivity index (χ4v) is 3.68. The smallest absolute Gasteiger partial charge is 0.235 e. The van der Waals surface area contributed by atoms with Crippen LogP contribution in [0.2, 0.25) is 0 Å². The van der Waals surface area contributed by atoms with Crippen molar-refractivity contribution < 1.29 is 4.79 Å². The van der Waals surface area contributed by atoms with Gasteiger partial charge in [-0.15, -0.1) is 0 Å². The Morgan fingerprint density at radius 3 is 2.30 bits per heavy atom. The maximum atomic E-state index is 12.1. The molecule has 0 radical (unpaired) electrons. The van der Waals surface area contributed by atoms with Crippen LogP contribution in [0.3, 0.4) is 0 Å². The first kappa shape index (κ1) is 15.8. The van der Waals surface area contributed by atoms with E-state index in [1.54, 1.807) is 0 Å². The summed E-state index contributed by atoms with van der Waals surface area (Å²) in [6.07, 6.45) is -0.0571. The van der Waals surface area contributed by atoms with E-state index in [4.69, 9.17) is 0 Å². The van der Waals surface area contributed by atoms with Crippen LogP contribution >= 0.6 is 0 Å². The van der Waals surface area contributed by atoms with Crippen LogP contribution in [0.15, 0.2) is 42.5 Å². The average molecular weight is 308 g/mol. The van der Waals surface area contributed by atoms with Crippen molar-refractivity contribution in [2.24, 2.45) is 0 Å². The van der Waals surface area contributed by atoms with Crippen molar-refractivity contribution in [2.45, 2.75) is 39.9 Å². The molecule has 2 aromatic carbocycles. The Balaban J connectivity index is 1.99. The highest BCUT2D eigenvalue weighted by molar-refractivity contribution is 5.81. The Labute approximate surface area is 138 Å². The van der Waals surface area contributed by atoms with Crippen molar-refractivity contribution >= 4 is 5.91 Å². The van der Waals surface area contributed by atoms with Gasteiger partial charge in [0.2, 0.25) is 5.91 Å². The molecule has 120 valence electrons. The first-order valence-electron chi connectivity index (χ1n) is 8.15. The number of carbonyl (C=O) groups is 1. The molecule has 2 atom stereocenters. The summed E-state index contributed by atoms with van der Waals surface area (Å²) in [5.41, 5.74) is 6.19. The fraction of sp³-hybridized carbons (Fsp3) is 0.350. The summed E-state index contributed by atoms with van der Waals surface area (Å²) in [5.74, 6) is 0.0946. The lowest BCUT2D eigenvalue weighted by molar-refractivity contribution is -0.118. The topological polar surface area (TPSA) is 32.3 Å². The van der Waals surface area contributed by atoms with Crippen LogP contribution in [0, 0.1) is 20.8 Å². The molecule has 2 aromatic rings. The predicted octanol–water partition coefficient (Wildman–Crippen LogP) is 3.80. The third kappa shape index (κ3) is 3.02. The molecule has 1 aliphatic rings. The maximum Gasteiger partial charge on any atom is 0.235 e. The molecule has 0 bridgehead atoms. The van der Waals surface area contributed by atoms with E-state index in [1.165, 1.54) is 27.8 Å². The molecule has 1 amide bonds. The van der Waals surface area contributed by atoms with Gasteiger partial charge in [-0.25, -0.2) is 0 Å². The minimum atomic E-state index is -0.0571. The molecule has 23 heavy (non-hydrogen) atoms. The molecule has 1 aliphatic heterocycles. The number of benzene rings is 2. The molecule has 0 aliphatic carbocycles. The number of amides is 1. The first-order chi connectivity index (χ1) is 11.0. The standard InChI is InChI=1S/C20H24N2O/c1-13-10-14(2)19(15(3)11-13)20-21-18(23)12-22(20)16(4)17-8-6-5-7-9-17/h5-11,16,20H,12H2,1-4H3,(H,21,23). The van der Waals surface area contributed by atoms with Crippen LogP contribution in [0.25, 0.3) is 0 Å². The summed E-state index contributed by atoms with van der Waals surface area (Å²) in [4.78, 5) is 14.4. The number of nitrogens with zero attached hydrogens (tertiary/aromatic N) is 1. The number of hydrogen-bond donors (Lipinski definition) is 1. The Morgan fingerprint density at radius 1 is 1.09 bits per heavy atom. The van der Waals surface area contributed by atoms with E-state index in [0.717, 1.165) is 0 Å². The monoisotopic (exact) mass is 308 g/mol. The highest BCUT2D eigenvalue weighted by Gasteiger charge is 2.36. The normalized spacial score (nSPS) is 19.7. The fourth-order valence-electron chi connectivity index (χ4n) is 3.68. The Bertz CT molecular complexity index is 701. The molecule has 0 spiro atoms. The SMILES string of the molecule is Cc1cc(C)c(C2NC(=O)CN2C(C)c2ccccc2)c(C)c1. The van der Waals surface area contributed by atoms with E-state index in [2.05, 4.69) is 74.3 Å². The zero-order valence-electron chi connectivity index (χ0n) is 14.3. The second-order valence-corrected chi connectivity index (χ2v) is 6.54. The van der Waals surface area contributed by atoms with Gasteiger partial charge in [0.1, 0.15) is 6.17 Å². The van der Waals surface area contributed by atoms with Gasteiger partial charge >= 0.3 is 0 Å². The van der Waals surface area contributed by atoms with Gasteiger partial charge in [0.05, 0.1) is 6.54 Å². The summed E-state index contributed by atoms with van der Waals surface area (Å²) >= 11 is 0. The van der Waals surface area contributed by atoms with Gasteiger partial charge < -0.3 is 5.32 Å². The van der Waals surface area contributed by atoms with Crippen molar-refractivity contribution in [3.8, 4) is 0 Å². The van der Waals surface area contributed by atoms with Crippen LogP contribution in [0.4, 0.5) is 0 Å². The second-order valence-electron chi connectivity index (χ2n) is 6.54. The predicted molar refractivity (Wildman–Crippen MR) is 93.1 cm³/mol. The van der Waals surface area contributed by atoms with Crippen LogP contribution in [-0.4, -0.2) is 17.4 Å². The van der Waals surface area contributed by atoms with Gasteiger partial charge in [-0.2, -0.15) is 0 Å². The third-order valence-electron chi connectivity index (χ3n) is 4.75. The van der Waals surface area contributed by atoms with Crippen LogP contribution < -0.4 is 5.32 Å². The van der Waals surface area contributed by atoms with Crippen LogP contribution in [-0.2, 0) is 4.79 Å². The minimum Gasteiger partial charge on any atom is -0.335 e. The van der Waals surface area contributed by atoms with Crippen molar-refractivity contribution in [1.29, 1.82) is 0 Å². The van der Waals surface area contributed by atoms with Gasteiger partial charge in [-0.3, -0.25) is 9.69 Å². The number of aryl methyl sites for hydroxylation is 3.